The lowest BCUT2D eigenvalue weighted by molar-refractivity contribution is -0.125. The fraction of sp³-hybridized carbons (Fsp3) is 0.348. The molecule has 3 nitrogen and oxygen atoms in total. The number of benzene rings is 2. The summed E-state index contributed by atoms with van der Waals surface area (Å²) in [6.45, 7) is 2.89. The van der Waals surface area contributed by atoms with Crippen molar-refractivity contribution in [1.82, 2.24) is 5.32 Å². The van der Waals surface area contributed by atoms with Crippen LogP contribution < -0.4 is 5.32 Å². The largest absolute Gasteiger partial charge is 0.396 e. The molecule has 0 radical (unpaired) electrons. The number of nitrogens with one attached hydrogen (secondary N) is 1. The summed E-state index contributed by atoms with van der Waals surface area (Å²) in [6, 6.07) is 18.4. The van der Waals surface area contributed by atoms with Crippen LogP contribution in [-0.2, 0) is 10.2 Å². The Hall–Kier alpha value is -2.39. The molecular weight excluding hydrogens is 322 g/mol. The zero-order chi connectivity index (χ0) is 18.4. The molecule has 2 aromatic rings. The third-order valence-electron chi connectivity index (χ3n) is 5.15. The predicted octanol–water partition coefficient (Wildman–Crippen LogP) is 4.17. The lowest BCUT2D eigenvalue weighted by Gasteiger charge is -2.33. The molecular formula is C23H27NO2. The second-order valence-corrected chi connectivity index (χ2v) is 6.85. The average Bonchev–Trinajstić information content (AvgIpc) is 3.02. The van der Waals surface area contributed by atoms with E-state index in [0.717, 1.165) is 35.1 Å². The van der Waals surface area contributed by atoms with Gasteiger partial charge in [0, 0.05) is 13.2 Å². The summed E-state index contributed by atoms with van der Waals surface area (Å²) in [5, 5.41) is 12.4. The van der Waals surface area contributed by atoms with E-state index in [1.807, 2.05) is 30.3 Å². The number of aliphatic hydroxyl groups excluding tert-OH is 1. The lowest BCUT2D eigenvalue weighted by atomic mass is 9.70. The first-order valence-corrected chi connectivity index (χ1v) is 9.50. The van der Waals surface area contributed by atoms with Gasteiger partial charge in [0.25, 0.3) is 0 Å². The first-order valence-electron chi connectivity index (χ1n) is 9.50. The number of hydrogen-bond acceptors (Lipinski definition) is 2. The maximum Gasteiger partial charge on any atom is 0.235 e. The third-order valence-corrected chi connectivity index (χ3v) is 5.15. The summed E-state index contributed by atoms with van der Waals surface area (Å²) in [6.07, 6.45) is 5.27. The fourth-order valence-corrected chi connectivity index (χ4v) is 3.90. The molecule has 2 N–H and O–H groups in total. The van der Waals surface area contributed by atoms with Gasteiger partial charge >= 0.3 is 0 Å². The van der Waals surface area contributed by atoms with Crippen LogP contribution in [0.1, 0.15) is 49.3 Å². The third kappa shape index (κ3) is 3.32. The van der Waals surface area contributed by atoms with Crippen molar-refractivity contribution in [3.63, 3.8) is 0 Å². The van der Waals surface area contributed by atoms with Gasteiger partial charge in [-0.25, -0.2) is 0 Å². The maximum absolute atomic E-state index is 13.5. The molecule has 0 saturated heterocycles. The molecule has 0 saturated carbocycles. The zero-order valence-corrected chi connectivity index (χ0v) is 15.4. The zero-order valence-electron chi connectivity index (χ0n) is 15.4. The van der Waals surface area contributed by atoms with Gasteiger partial charge in [-0.3, -0.25) is 4.79 Å². The minimum absolute atomic E-state index is 0.0670. The number of fused-ring (bicyclic) bond motifs is 1. The van der Waals surface area contributed by atoms with E-state index < -0.39 is 5.41 Å². The second-order valence-electron chi connectivity index (χ2n) is 6.85. The summed E-state index contributed by atoms with van der Waals surface area (Å²) in [4.78, 5) is 13.5. The SMILES string of the molecule is CCCNC(=O)C1(CCCCO)C(c2ccccc2)=Cc2ccccc21. The quantitative estimate of drug-likeness (QED) is 0.703. The molecule has 26 heavy (non-hydrogen) atoms. The molecule has 0 heterocycles. The highest BCUT2D eigenvalue weighted by Crippen LogP contribution is 2.50. The molecule has 136 valence electrons. The minimum atomic E-state index is -0.692. The molecule has 1 amide bonds. The van der Waals surface area contributed by atoms with E-state index in [0.29, 0.717) is 19.4 Å². The van der Waals surface area contributed by atoms with Gasteiger partial charge in [-0.2, -0.15) is 0 Å². The normalized spacial score (nSPS) is 18.3. The molecule has 0 aromatic heterocycles. The highest BCUT2D eigenvalue weighted by Gasteiger charge is 2.47. The van der Waals surface area contributed by atoms with Crippen molar-refractivity contribution < 1.29 is 9.90 Å². The van der Waals surface area contributed by atoms with Gasteiger partial charge in [-0.15, -0.1) is 0 Å². The summed E-state index contributed by atoms with van der Waals surface area (Å²) in [5.74, 6) is 0.0670. The average molecular weight is 349 g/mol. The highest BCUT2D eigenvalue weighted by molar-refractivity contribution is 6.10. The molecule has 1 atom stereocenters. The van der Waals surface area contributed by atoms with Crippen LogP contribution in [-0.4, -0.2) is 24.2 Å². The van der Waals surface area contributed by atoms with Gasteiger partial charge < -0.3 is 10.4 Å². The second kappa shape index (κ2) is 8.33. The van der Waals surface area contributed by atoms with Gasteiger partial charge in [-0.1, -0.05) is 61.5 Å². The summed E-state index contributed by atoms with van der Waals surface area (Å²) in [5.41, 5.74) is 3.64. The van der Waals surface area contributed by atoms with Crippen LogP contribution in [0.3, 0.4) is 0 Å². The highest BCUT2D eigenvalue weighted by atomic mass is 16.2. The van der Waals surface area contributed by atoms with Gasteiger partial charge in [0.15, 0.2) is 0 Å². The van der Waals surface area contributed by atoms with Crippen molar-refractivity contribution >= 4 is 17.6 Å². The minimum Gasteiger partial charge on any atom is -0.396 e. The van der Waals surface area contributed by atoms with Gasteiger partial charge in [0.1, 0.15) is 5.41 Å². The topological polar surface area (TPSA) is 49.3 Å². The standard InChI is InChI=1S/C23H27NO2/c1-2-15-24-22(26)23(14-8-9-16-25)20-13-7-6-12-19(20)17-21(23)18-10-4-3-5-11-18/h3-7,10-13,17,25H,2,8-9,14-16H2,1H3,(H,24,26). The van der Waals surface area contributed by atoms with Crippen LogP contribution in [0.4, 0.5) is 0 Å². The van der Waals surface area contributed by atoms with Gasteiger partial charge in [0.05, 0.1) is 0 Å². The molecule has 3 heteroatoms. The van der Waals surface area contributed by atoms with Crippen molar-refractivity contribution in [2.75, 3.05) is 13.2 Å². The van der Waals surface area contributed by atoms with Crippen LogP contribution >= 0.6 is 0 Å². The van der Waals surface area contributed by atoms with Gasteiger partial charge in [0.2, 0.25) is 5.91 Å². The molecule has 0 spiro atoms. The van der Waals surface area contributed by atoms with Crippen LogP contribution in [0.15, 0.2) is 54.6 Å². The maximum atomic E-state index is 13.5. The van der Waals surface area contributed by atoms with Crippen LogP contribution in [0.5, 0.6) is 0 Å². The molecule has 2 aromatic carbocycles. The first kappa shape index (κ1) is 18.4. The van der Waals surface area contributed by atoms with E-state index in [2.05, 4.69) is 42.6 Å². The fourth-order valence-electron chi connectivity index (χ4n) is 3.90. The summed E-state index contributed by atoms with van der Waals surface area (Å²) < 4.78 is 0. The summed E-state index contributed by atoms with van der Waals surface area (Å²) in [7, 11) is 0. The van der Waals surface area contributed by atoms with E-state index in [4.69, 9.17) is 0 Å². The van der Waals surface area contributed by atoms with Crippen molar-refractivity contribution in [3.8, 4) is 0 Å². The Morgan fingerprint density at radius 3 is 2.50 bits per heavy atom. The monoisotopic (exact) mass is 349 g/mol. The molecule has 0 bridgehead atoms. The number of unbranched alkanes of at least 4 members (excludes halogenated alkanes) is 1. The Kier molecular flexibility index (Phi) is 5.89. The Balaban J connectivity index is 2.12. The number of amides is 1. The van der Waals surface area contributed by atoms with Crippen LogP contribution in [0.25, 0.3) is 11.6 Å². The molecule has 3 rings (SSSR count). The van der Waals surface area contributed by atoms with E-state index in [9.17, 15) is 9.90 Å². The summed E-state index contributed by atoms with van der Waals surface area (Å²) >= 11 is 0. The van der Waals surface area contributed by atoms with Gasteiger partial charge in [-0.05, 0) is 54.0 Å². The molecule has 0 aliphatic heterocycles. The Morgan fingerprint density at radius 2 is 1.77 bits per heavy atom. The van der Waals surface area contributed by atoms with E-state index >= 15 is 0 Å². The van der Waals surface area contributed by atoms with Crippen LogP contribution in [0, 0.1) is 0 Å². The van der Waals surface area contributed by atoms with Crippen molar-refractivity contribution in [1.29, 1.82) is 0 Å². The Morgan fingerprint density at radius 1 is 1.04 bits per heavy atom. The lowest BCUT2D eigenvalue weighted by Crippen LogP contribution is -2.44. The molecule has 0 fully saturated rings. The van der Waals surface area contributed by atoms with Crippen molar-refractivity contribution in [2.45, 2.75) is 38.0 Å². The van der Waals surface area contributed by atoms with E-state index in [-0.39, 0.29) is 12.5 Å². The predicted molar refractivity (Wildman–Crippen MR) is 107 cm³/mol. The number of carbonyl (C=O) groups is 1. The van der Waals surface area contributed by atoms with Crippen molar-refractivity contribution in [2.24, 2.45) is 0 Å². The Labute approximate surface area is 155 Å². The van der Waals surface area contributed by atoms with E-state index in [1.54, 1.807) is 0 Å². The number of carbonyl (C=O) groups excluding carboxylic acids is 1. The number of aliphatic hydroxyl groups is 1. The molecule has 1 aliphatic rings. The first-order chi connectivity index (χ1) is 12.7. The smallest absolute Gasteiger partial charge is 0.235 e. The number of rotatable bonds is 8. The number of hydrogen-bond donors (Lipinski definition) is 2. The molecule has 1 aliphatic carbocycles. The van der Waals surface area contributed by atoms with E-state index in [1.165, 1.54) is 0 Å². The van der Waals surface area contributed by atoms with Crippen molar-refractivity contribution in [3.05, 3.63) is 71.3 Å². The van der Waals surface area contributed by atoms with Crippen LogP contribution in [0.2, 0.25) is 0 Å². The Bertz CT molecular complexity index is 782. The molecule has 1 unspecified atom stereocenters.